The van der Waals surface area contributed by atoms with E-state index in [2.05, 4.69) is 25.2 Å². The molecule has 0 aromatic carbocycles. The molecule has 0 spiro atoms. The predicted molar refractivity (Wildman–Crippen MR) is 247 cm³/mol. The zero-order chi connectivity index (χ0) is 46.1. The van der Waals surface area contributed by atoms with Crippen molar-refractivity contribution in [2.24, 2.45) is 35.5 Å². The smallest absolute Gasteiger partial charge is 0.256 e. The van der Waals surface area contributed by atoms with Gasteiger partial charge in [0, 0.05) is 56.0 Å². The number of carbonyl (C=O) groups is 3. The number of hydrogen-bond donors (Lipinski definition) is 6. The third-order valence-electron chi connectivity index (χ3n) is 14.0. The summed E-state index contributed by atoms with van der Waals surface area (Å²) in [7, 11) is 3.53. The molecule has 12 heteroatoms. The van der Waals surface area contributed by atoms with Crippen LogP contribution in [-0.2, 0) is 23.9 Å². The number of methoxy groups -OCH3 is 1. The Morgan fingerprint density at radius 2 is 1.73 bits per heavy atom. The number of aliphatic hydroxyl groups is 3. The van der Waals surface area contributed by atoms with Crippen molar-refractivity contribution in [1.82, 2.24) is 10.2 Å². The number of aliphatic hydroxyl groups excluding tert-OH is 2. The molecule has 1 aliphatic carbocycles. The summed E-state index contributed by atoms with van der Waals surface area (Å²) in [6.07, 6.45) is 20.7. The Balaban J connectivity index is 1.43. The molecule has 0 aromatic rings. The van der Waals surface area contributed by atoms with Crippen LogP contribution < -0.4 is 5.32 Å². The lowest BCUT2D eigenvalue weighted by Crippen LogP contribution is -2.59. The Kier molecular flexibility index (Phi) is 22.3. The van der Waals surface area contributed by atoms with Gasteiger partial charge in [-0.05, 0) is 127 Å². The van der Waals surface area contributed by atoms with E-state index in [-0.39, 0.29) is 54.0 Å². The number of Topliss-reactive ketones (excluding diaryl/α,β-unsaturated/α-hetero) is 2. The maximum Gasteiger partial charge on any atom is 0.256 e. The number of likely N-dealkylation sites (N-methyl/N-ethyl adjacent to an activating group) is 1. The van der Waals surface area contributed by atoms with Gasteiger partial charge < -0.3 is 45.2 Å². The average molecular weight is 867 g/mol. The fourth-order valence-corrected chi connectivity index (χ4v) is 9.53. The molecule has 0 radical (unpaired) electrons. The van der Waals surface area contributed by atoms with E-state index in [0.717, 1.165) is 62.4 Å². The SMILES string of the molecule is CN[C@@H]1CC(C[C@@H](C)CCC(=N)[C@H](C)/C=C(\C)[C@@H](O)CC(=O)[C@H](C)C[C@H](C)/C=C/C=C/C=C(\C)[C@H](C[C@@H]2CC[C@@H](C)[C@](O)(C(=O)C(=N)N3CCCC[C@H]3C=O)O2)OC)CC[C@H]1O. The number of piperidine rings is 1. The lowest BCUT2D eigenvalue weighted by molar-refractivity contribution is -0.262. The monoisotopic (exact) mass is 867 g/mol. The van der Waals surface area contributed by atoms with Gasteiger partial charge in [0.15, 0.2) is 5.84 Å². The summed E-state index contributed by atoms with van der Waals surface area (Å²) in [6.45, 7) is 14.2. The molecule has 1 unspecified atom stereocenters. The maximum absolute atomic E-state index is 13.5. The average Bonchev–Trinajstić information content (AvgIpc) is 3.25. The van der Waals surface area contributed by atoms with Gasteiger partial charge >= 0.3 is 0 Å². The number of amidine groups is 1. The van der Waals surface area contributed by atoms with E-state index in [9.17, 15) is 29.7 Å². The van der Waals surface area contributed by atoms with Crippen LogP contribution in [0.3, 0.4) is 0 Å². The molecule has 13 atom stereocenters. The lowest BCUT2D eigenvalue weighted by Gasteiger charge is -2.43. The molecule has 1 saturated carbocycles. The minimum atomic E-state index is -2.15. The van der Waals surface area contributed by atoms with Crippen LogP contribution in [0.2, 0.25) is 0 Å². The minimum Gasteiger partial charge on any atom is -0.392 e. The molecule has 3 aliphatic rings. The number of nitrogens with zero attached hydrogens (tertiary/aromatic N) is 1. The molecular weight excluding hydrogens is 785 g/mol. The third kappa shape index (κ3) is 15.8. The number of hydrogen-bond acceptors (Lipinski definition) is 11. The van der Waals surface area contributed by atoms with E-state index in [0.29, 0.717) is 62.6 Å². The number of aldehydes is 1. The summed E-state index contributed by atoms with van der Waals surface area (Å²) in [6, 6.07) is -0.378. The minimum absolute atomic E-state index is 0.0171. The lowest BCUT2D eigenvalue weighted by atomic mass is 9.78. The van der Waals surface area contributed by atoms with Crippen molar-refractivity contribution in [3.8, 4) is 0 Å². The zero-order valence-electron chi connectivity index (χ0n) is 39.4. The number of rotatable bonds is 24. The van der Waals surface area contributed by atoms with Gasteiger partial charge in [0.2, 0.25) is 5.79 Å². The molecule has 12 nitrogen and oxygen atoms in total. The van der Waals surface area contributed by atoms with Crippen LogP contribution in [-0.4, -0.2) is 113 Å². The Bertz CT molecular complexity index is 1610. The molecule has 62 heavy (non-hydrogen) atoms. The molecule has 6 N–H and O–H groups in total. The molecule has 350 valence electrons. The van der Waals surface area contributed by atoms with E-state index >= 15 is 0 Å². The summed E-state index contributed by atoms with van der Waals surface area (Å²) in [5.74, 6) is -2.93. The highest BCUT2D eigenvalue weighted by atomic mass is 16.6. The van der Waals surface area contributed by atoms with E-state index in [1.165, 1.54) is 4.90 Å². The number of likely N-dealkylation sites (tertiary alicyclic amines) is 1. The van der Waals surface area contributed by atoms with Gasteiger partial charge in [-0.3, -0.25) is 15.0 Å². The van der Waals surface area contributed by atoms with Crippen molar-refractivity contribution in [3.05, 3.63) is 47.6 Å². The van der Waals surface area contributed by atoms with Gasteiger partial charge in [-0.2, -0.15) is 0 Å². The summed E-state index contributed by atoms with van der Waals surface area (Å²) in [4.78, 5) is 39.8. The van der Waals surface area contributed by atoms with Crippen molar-refractivity contribution in [2.75, 3.05) is 20.7 Å². The first-order valence-corrected chi connectivity index (χ1v) is 23.5. The summed E-state index contributed by atoms with van der Waals surface area (Å²) in [5, 5.41) is 53.1. The quantitative estimate of drug-likeness (QED) is 0.0184. The summed E-state index contributed by atoms with van der Waals surface area (Å²) in [5.41, 5.74) is 2.31. The molecule has 2 aliphatic heterocycles. The Morgan fingerprint density at radius 3 is 2.40 bits per heavy atom. The topological polar surface area (TPSA) is 193 Å². The van der Waals surface area contributed by atoms with Crippen LogP contribution in [0.25, 0.3) is 0 Å². The second-order valence-corrected chi connectivity index (χ2v) is 19.2. The number of ether oxygens (including phenoxy) is 2. The normalized spacial score (nSPS) is 29.5. The van der Waals surface area contributed by atoms with Crippen molar-refractivity contribution in [2.45, 2.75) is 181 Å². The molecule has 2 saturated heterocycles. The van der Waals surface area contributed by atoms with Crippen LogP contribution in [0.15, 0.2) is 47.6 Å². The fourth-order valence-electron chi connectivity index (χ4n) is 9.53. The molecule has 0 aromatic heterocycles. The molecule has 2 heterocycles. The van der Waals surface area contributed by atoms with E-state index in [4.69, 9.17) is 20.3 Å². The molecule has 3 fully saturated rings. The van der Waals surface area contributed by atoms with Gasteiger partial charge in [-0.15, -0.1) is 0 Å². The Labute approximate surface area is 373 Å². The van der Waals surface area contributed by atoms with Gasteiger partial charge in [0.25, 0.3) is 5.78 Å². The van der Waals surface area contributed by atoms with Crippen LogP contribution >= 0.6 is 0 Å². The predicted octanol–water partition coefficient (Wildman–Crippen LogP) is 7.69. The highest BCUT2D eigenvalue weighted by Gasteiger charge is 2.51. The number of nitrogens with one attached hydrogen (secondary N) is 3. The second kappa shape index (κ2) is 26.0. The first-order valence-electron chi connectivity index (χ1n) is 23.5. The molecule has 3 rings (SSSR count). The van der Waals surface area contributed by atoms with Gasteiger partial charge in [-0.25, -0.2) is 0 Å². The highest BCUT2D eigenvalue weighted by Crippen LogP contribution is 2.37. The number of ketones is 2. The Morgan fingerprint density at radius 1 is 1.00 bits per heavy atom. The van der Waals surface area contributed by atoms with Crippen molar-refractivity contribution in [1.29, 1.82) is 10.8 Å². The summed E-state index contributed by atoms with van der Waals surface area (Å²) >= 11 is 0. The fraction of sp³-hybridized carbons (Fsp3) is 0.740. The largest absolute Gasteiger partial charge is 0.392 e. The van der Waals surface area contributed by atoms with Crippen LogP contribution in [0.1, 0.15) is 138 Å². The number of carbonyl (C=O) groups excluding carboxylic acids is 3. The molecular formula is C50H82N4O8. The van der Waals surface area contributed by atoms with Gasteiger partial charge in [0.1, 0.15) is 12.1 Å². The van der Waals surface area contributed by atoms with Crippen LogP contribution in [0.5, 0.6) is 0 Å². The van der Waals surface area contributed by atoms with Crippen LogP contribution in [0.4, 0.5) is 0 Å². The molecule has 0 bridgehead atoms. The van der Waals surface area contributed by atoms with Crippen molar-refractivity contribution >= 4 is 29.4 Å². The van der Waals surface area contributed by atoms with Crippen LogP contribution in [0, 0.1) is 46.3 Å². The first-order chi connectivity index (χ1) is 29.3. The maximum atomic E-state index is 13.5. The van der Waals surface area contributed by atoms with E-state index in [1.807, 2.05) is 65.1 Å². The first kappa shape index (κ1) is 53.2. The Hall–Kier alpha value is -3.13. The van der Waals surface area contributed by atoms with Gasteiger partial charge in [0.05, 0.1) is 30.5 Å². The molecule has 0 amide bonds. The van der Waals surface area contributed by atoms with E-state index in [1.54, 1.807) is 14.0 Å². The van der Waals surface area contributed by atoms with Crippen molar-refractivity contribution < 1.29 is 39.2 Å². The standard InChI is InChI=1S/C50H82N4O8/c1-32(25-36(5)45(57)30-46(58)37(6)27-35(4)42(51)22-18-33(2)26-39-20-23-44(56)43(28-39)53-8)15-11-10-12-16-34(3)47(61-9)29-41-21-19-38(7)50(60,62-41)48(59)49(52)54-24-14-13-17-40(54)31-55/h10-12,15-16,27,31-33,35-36,38-41,43-44,46-47,51-53,56,58,60H,13-14,17-26,28-30H2,1-9H3/b12-10+,15-11+,34-16+,37-27+,51-42?,52-49?/t32-,33+,35-,36-,38-,39?,40+,41+,43-,44-,46+,47+,50-/m1/s1. The van der Waals surface area contributed by atoms with E-state index < -0.39 is 35.7 Å². The third-order valence-corrected chi connectivity index (χ3v) is 14.0. The number of allylic oxidation sites excluding steroid dienone is 6. The summed E-state index contributed by atoms with van der Waals surface area (Å²) < 4.78 is 11.9. The highest BCUT2D eigenvalue weighted by molar-refractivity contribution is 6.40. The van der Waals surface area contributed by atoms with Crippen molar-refractivity contribution in [3.63, 3.8) is 0 Å². The zero-order valence-corrected chi connectivity index (χ0v) is 39.4. The second-order valence-electron chi connectivity index (χ2n) is 19.2. The van der Waals surface area contributed by atoms with Gasteiger partial charge in [-0.1, -0.05) is 71.1 Å².